The topological polar surface area (TPSA) is 51.8 Å². The third-order valence-electron chi connectivity index (χ3n) is 1.76. The molecule has 0 spiro atoms. The zero-order chi connectivity index (χ0) is 6.97. The predicted octanol–water partition coefficient (Wildman–Crippen LogP) is 0.291. The molecule has 1 fully saturated rings. The molecule has 10 heavy (non-hydrogen) atoms. The van der Waals surface area contributed by atoms with Crippen LogP contribution in [0.25, 0.3) is 0 Å². The first-order valence-electron chi connectivity index (χ1n) is 3.40. The average Bonchev–Trinajstić information content (AvgIpc) is 2.69. The van der Waals surface area contributed by atoms with Crippen molar-refractivity contribution in [3.63, 3.8) is 0 Å². The Morgan fingerprint density at radius 3 is 2.50 bits per heavy atom. The van der Waals surface area contributed by atoms with E-state index in [1.807, 2.05) is 6.07 Å². The van der Waals surface area contributed by atoms with E-state index in [1.54, 1.807) is 12.4 Å². The molecule has 0 aliphatic heterocycles. The number of aromatic nitrogens is 2. The summed E-state index contributed by atoms with van der Waals surface area (Å²) in [5.41, 5.74) is 5.62. The Balaban J connectivity index is 2.20. The maximum Gasteiger partial charge on any atom is 0.132 e. The second-order valence-corrected chi connectivity index (χ2v) is 2.61. The zero-order valence-electron chi connectivity index (χ0n) is 5.57. The molecule has 2 N–H and O–H groups in total. The fourth-order valence-electron chi connectivity index (χ4n) is 1.01. The monoisotopic (exact) mass is 135 g/mol. The molecule has 0 saturated heterocycles. The molecule has 3 heteroatoms. The number of nitrogens with zero attached hydrogens (tertiary/aromatic N) is 2. The lowest BCUT2D eigenvalue weighted by Gasteiger charge is -1.92. The van der Waals surface area contributed by atoms with Gasteiger partial charge >= 0.3 is 0 Å². The summed E-state index contributed by atoms with van der Waals surface area (Å²) in [7, 11) is 0. The van der Waals surface area contributed by atoms with Crippen LogP contribution in [0.1, 0.15) is 18.2 Å². The van der Waals surface area contributed by atoms with E-state index in [0.717, 1.165) is 12.2 Å². The van der Waals surface area contributed by atoms with Crippen molar-refractivity contribution in [2.24, 2.45) is 5.73 Å². The third kappa shape index (κ3) is 0.885. The zero-order valence-corrected chi connectivity index (χ0v) is 5.57. The van der Waals surface area contributed by atoms with Crippen LogP contribution in [0.5, 0.6) is 0 Å². The molecule has 0 radical (unpaired) electrons. The van der Waals surface area contributed by atoms with Gasteiger partial charge in [0, 0.05) is 24.4 Å². The molecular formula is C7H9N3. The number of rotatable bonds is 1. The van der Waals surface area contributed by atoms with Gasteiger partial charge in [-0.1, -0.05) is 0 Å². The van der Waals surface area contributed by atoms with Crippen LogP contribution in [0.3, 0.4) is 0 Å². The Labute approximate surface area is 59.3 Å². The molecule has 2 rings (SSSR count). The van der Waals surface area contributed by atoms with Crippen LogP contribution < -0.4 is 5.73 Å². The van der Waals surface area contributed by atoms with Crippen LogP contribution in [0, 0.1) is 0 Å². The van der Waals surface area contributed by atoms with Gasteiger partial charge in [-0.2, -0.15) is 0 Å². The van der Waals surface area contributed by atoms with E-state index >= 15 is 0 Å². The lowest BCUT2D eigenvalue weighted by Crippen LogP contribution is -2.03. The lowest BCUT2D eigenvalue weighted by molar-refractivity contribution is 0.883. The highest BCUT2D eigenvalue weighted by Gasteiger charge is 2.36. The summed E-state index contributed by atoms with van der Waals surface area (Å²) in [6.45, 7) is 0. The molecular weight excluding hydrogens is 126 g/mol. The van der Waals surface area contributed by atoms with E-state index < -0.39 is 0 Å². The Bertz CT molecular complexity index is 222. The van der Waals surface area contributed by atoms with E-state index in [2.05, 4.69) is 9.97 Å². The average molecular weight is 135 g/mol. The van der Waals surface area contributed by atoms with Crippen molar-refractivity contribution in [1.82, 2.24) is 9.97 Å². The molecule has 1 heterocycles. The summed E-state index contributed by atoms with van der Waals surface area (Å²) in [5, 5.41) is 0. The fraction of sp³-hybridized carbons (Fsp3) is 0.429. The number of hydrogen-bond acceptors (Lipinski definition) is 3. The highest BCUT2D eigenvalue weighted by Crippen LogP contribution is 2.36. The normalized spacial score (nSPS) is 30.1. The van der Waals surface area contributed by atoms with Gasteiger partial charge in [-0.3, -0.25) is 0 Å². The van der Waals surface area contributed by atoms with Crippen molar-refractivity contribution < 1.29 is 0 Å². The largest absolute Gasteiger partial charge is 0.327 e. The minimum Gasteiger partial charge on any atom is -0.327 e. The summed E-state index contributed by atoms with van der Waals surface area (Å²) in [5.74, 6) is 1.33. The molecule has 3 nitrogen and oxygen atoms in total. The second-order valence-electron chi connectivity index (χ2n) is 2.61. The van der Waals surface area contributed by atoms with E-state index in [0.29, 0.717) is 12.0 Å². The molecule has 1 aliphatic carbocycles. The summed E-state index contributed by atoms with van der Waals surface area (Å²) in [4.78, 5) is 8.20. The summed E-state index contributed by atoms with van der Waals surface area (Å²) in [6, 6.07) is 2.12. The van der Waals surface area contributed by atoms with Crippen molar-refractivity contribution in [1.29, 1.82) is 0 Å². The van der Waals surface area contributed by atoms with Crippen LogP contribution >= 0.6 is 0 Å². The molecule has 0 bridgehead atoms. The SMILES string of the molecule is NC1CC1c1ncccn1. The van der Waals surface area contributed by atoms with E-state index in [-0.39, 0.29) is 0 Å². The van der Waals surface area contributed by atoms with Crippen LogP contribution in [0.15, 0.2) is 18.5 Å². The molecule has 52 valence electrons. The van der Waals surface area contributed by atoms with Crippen LogP contribution in [-0.4, -0.2) is 16.0 Å². The fourth-order valence-corrected chi connectivity index (χ4v) is 1.01. The number of nitrogens with two attached hydrogens (primary N) is 1. The molecule has 1 saturated carbocycles. The second kappa shape index (κ2) is 2.02. The third-order valence-corrected chi connectivity index (χ3v) is 1.76. The first-order chi connectivity index (χ1) is 4.88. The Morgan fingerprint density at radius 1 is 1.40 bits per heavy atom. The lowest BCUT2D eigenvalue weighted by atomic mass is 10.4. The van der Waals surface area contributed by atoms with Crippen molar-refractivity contribution in [2.45, 2.75) is 18.4 Å². The molecule has 0 aromatic carbocycles. The van der Waals surface area contributed by atoms with E-state index in [1.165, 1.54) is 0 Å². The molecule has 2 atom stereocenters. The summed E-state index contributed by atoms with van der Waals surface area (Å²) < 4.78 is 0. The van der Waals surface area contributed by atoms with Gasteiger partial charge in [0.1, 0.15) is 5.82 Å². The smallest absolute Gasteiger partial charge is 0.132 e. The van der Waals surface area contributed by atoms with Crippen molar-refractivity contribution in [3.8, 4) is 0 Å². The van der Waals surface area contributed by atoms with Gasteiger partial charge in [-0.05, 0) is 12.5 Å². The summed E-state index contributed by atoms with van der Waals surface area (Å²) in [6.07, 6.45) is 4.56. The Hall–Kier alpha value is -0.960. The van der Waals surface area contributed by atoms with Gasteiger partial charge in [0.05, 0.1) is 0 Å². The van der Waals surface area contributed by atoms with Crippen LogP contribution in [0.4, 0.5) is 0 Å². The highest BCUT2D eigenvalue weighted by atomic mass is 14.9. The first kappa shape index (κ1) is 5.80. The Kier molecular flexibility index (Phi) is 1.17. The molecule has 0 amide bonds. The molecule has 2 unspecified atom stereocenters. The molecule has 1 aromatic rings. The Morgan fingerprint density at radius 2 is 2.00 bits per heavy atom. The molecule has 1 aromatic heterocycles. The highest BCUT2D eigenvalue weighted by molar-refractivity contribution is 5.12. The summed E-state index contributed by atoms with van der Waals surface area (Å²) >= 11 is 0. The van der Waals surface area contributed by atoms with Crippen molar-refractivity contribution in [2.75, 3.05) is 0 Å². The van der Waals surface area contributed by atoms with Gasteiger partial charge in [0.2, 0.25) is 0 Å². The maximum absolute atomic E-state index is 5.62. The van der Waals surface area contributed by atoms with Gasteiger partial charge in [0.25, 0.3) is 0 Å². The van der Waals surface area contributed by atoms with E-state index in [9.17, 15) is 0 Å². The minimum absolute atomic E-state index is 0.308. The van der Waals surface area contributed by atoms with Gasteiger partial charge < -0.3 is 5.73 Å². The minimum atomic E-state index is 0.308. The van der Waals surface area contributed by atoms with E-state index in [4.69, 9.17) is 5.73 Å². The first-order valence-corrected chi connectivity index (χ1v) is 3.40. The standard InChI is InChI=1S/C7H9N3/c8-6-4-5(6)7-9-2-1-3-10-7/h1-3,5-6H,4,8H2. The van der Waals surface area contributed by atoms with Crippen LogP contribution in [0.2, 0.25) is 0 Å². The van der Waals surface area contributed by atoms with Gasteiger partial charge in [-0.25, -0.2) is 9.97 Å². The van der Waals surface area contributed by atoms with Crippen LogP contribution in [-0.2, 0) is 0 Å². The van der Waals surface area contributed by atoms with Crippen molar-refractivity contribution in [3.05, 3.63) is 24.3 Å². The van der Waals surface area contributed by atoms with Gasteiger partial charge in [-0.15, -0.1) is 0 Å². The molecule has 1 aliphatic rings. The van der Waals surface area contributed by atoms with Gasteiger partial charge in [0.15, 0.2) is 0 Å². The quantitative estimate of drug-likeness (QED) is 0.602. The van der Waals surface area contributed by atoms with Crippen molar-refractivity contribution >= 4 is 0 Å². The number of hydrogen-bond donors (Lipinski definition) is 1. The maximum atomic E-state index is 5.62. The predicted molar refractivity (Wildman–Crippen MR) is 37.4 cm³/mol.